The molecule has 1 aromatic carbocycles. The van der Waals surface area contributed by atoms with Crippen molar-refractivity contribution in [1.29, 1.82) is 0 Å². The summed E-state index contributed by atoms with van der Waals surface area (Å²) in [6.45, 7) is 0.177. The molecule has 1 fully saturated rings. The van der Waals surface area contributed by atoms with Gasteiger partial charge in [-0.1, -0.05) is 17.3 Å². The summed E-state index contributed by atoms with van der Waals surface area (Å²) in [5.74, 6) is 0.192. The van der Waals surface area contributed by atoms with E-state index in [-0.39, 0.29) is 35.6 Å². The van der Waals surface area contributed by atoms with Gasteiger partial charge in [0.25, 0.3) is 0 Å². The van der Waals surface area contributed by atoms with Gasteiger partial charge in [-0.2, -0.15) is 4.98 Å². The molecule has 0 bridgehead atoms. The molecule has 0 unspecified atom stereocenters. The van der Waals surface area contributed by atoms with Gasteiger partial charge in [0.2, 0.25) is 17.6 Å². The molecule has 0 radical (unpaired) electrons. The maximum Gasteiger partial charge on any atom is 0.246 e. The second-order valence-electron chi connectivity index (χ2n) is 4.48. The largest absolute Gasteiger partial charge is 0.347 e. The molecule has 0 aliphatic heterocycles. The van der Waals surface area contributed by atoms with Gasteiger partial charge in [0.1, 0.15) is 5.82 Å². The first-order valence-electron chi connectivity index (χ1n) is 6.09. The number of nitrogens with one attached hydrogen (secondary N) is 1. The Labute approximate surface area is 108 Å². The number of benzene rings is 1. The van der Waals surface area contributed by atoms with Crippen molar-refractivity contribution in [2.75, 3.05) is 0 Å². The highest BCUT2D eigenvalue weighted by Gasteiger charge is 2.29. The molecule has 0 saturated heterocycles. The molecule has 1 aliphatic carbocycles. The van der Waals surface area contributed by atoms with Gasteiger partial charge in [0.15, 0.2) is 0 Å². The second kappa shape index (κ2) is 4.79. The minimum Gasteiger partial charge on any atom is -0.347 e. The molecule has 19 heavy (non-hydrogen) atoms. The van der Waals surface area contributed by atoms with Crippen molar-refractivity contribution in [2.24, 2.45) is 5.92 Å². The summed E-state index contributed by atoms with van der Waals surface area (Å²) in [6, 6.07) is 6.20. The van der Waals surface area contributed by atoms with Crippen molar-refractivity contribution in [3.63, 3.8) is 0 Å². The molecule has 2 aromatic rings. The van der Waals surface area contributed by atoms with Crippen LogP contribution in [0, 0.1) is 11.7 Å². The van der Waals surface area contributed by atoms with Crippen molar-refractivity contribution >= 4 is 5.91 Å². The van der Waals surface area contributed by atoms with Crippen LogP contribution in [0.3, 0.4) is 0 Å². The average molecular weight is 261 g/mol. The third-order valence-corrected chi connectivity index (χ3v) is 2.94. The van der Waals surface area contributed by atoms with E-state index >= 15 is 0 Å². The molecule has 98 valence electrons. The zero-order valence-corrected chi connectivity index (χ0v) is 10.1. The summed E-state index contributed by atoms with van der Waals surface area (Å²) < 4.78 is 18.5. The molecule has 3 rings (SSSR count). The predicted molar refractivity (Wildman–Crippen MR) is 64.3 cm³/mol. The van der Waals surface area contributed by atoms with Crippen LogP contribution >= 0.6 is 0 Å². The van der Waals surface area contributed by atoms with E-state index in [0.29, 0.717) is 0 Å². The van der Waals surface area contributed by atoms with Crippen LogP contribution < -0.4 is 5.32 Å². The lowest BCUT2D eigenvalue weighted by Gasteiger charge is -1.98. The minimum absolute atomic E-state index is 0.00522. The highest BCUT2D eigenvalue weighted by molar-refractivity contribution is 5.80. The first kappa shape index (κ1) is 11.8. The molecule has 1 amide bonds. The van der Waals surface area contributed by atoms with E-state index < -0.39 is 5.82 Å². The summed E-state index contributed by atoms with van der Waals surface area (Å²) in [5, 5.41) is 6.42. The fourth-order valence-electron chi connectivity index (χ4n) is 1.73. The van der Waals surface area contributed by atoms with E-state index in [1.165, 1.54) is 6.07 Å². The topological polar surface area (TPSA) is 68.0 Å². The molecule has 1 heterocycles. The van der Waals surface area contributed by atoms with E-state index in [1.54, 1.807) is 18.2 Å². The molecular formula is C13H12FN3O2. The number of amides is 1. The number of aromatic nitrogens is 2. The lowest BCUT2D eigenvalue weighted by Crippen LogP contribution is -2.24. The average Bonchev–Trinajstić information content (AvgIpc) is 3.16. The zero-order chi connectivity index (χ0) is 13.2. The first-order chi connectivity index (χ1) is 9.24. The van der Waals surface area contributed by atoms with Crippen LogP contribution in [0.15, 0.2) is 28.8 Å². The van der Waals surface area contributed by atoms with Crippen LogP contribution in [-0.4, -0.2) is 16.0 Å². The molecule has 6 heteroatoms. The number of nitrogens with zero attached hydrogens (tertiary/aromatic N) is 2. The predicted octanol–water partition coefficient (Wildman–Crippen LogP) is 1.90. The third kappa shape index (κ3) is 2.62. The van der Waals surface area contributed by atoms with Crippen LogP contribution in [0.4, 0.5) is 4.39 Å². The Morgan fingerprint density at radius 2 is 2.21 bits per heavy atom. The molecule has 1 saturated carbocycles. The van der Waals surface area contributed by atoms with Crippen LogP contribution in [-0.2, 0) is 11.3 Å². The van der Waals surface area contributed by atoms with Crippen molar-refractivity contribution in [3.8, 4) is 11.4 Å². The maximum atomic E-state index is 13.5. The number of halogens is 1. The van der Waals surface area contributed by atoms with Gasteiger partial charge in [-0.3, -0.25) is 4.79 Å². The van der Waals surface area contributed by atoms with Gasteiger partial charge in [-0.05, 0) is 25.0 Å². The van der Waals surface area contributed by atoms with Crippen LogP contribution in [0.5, 0.6) is 0 Å². The fraction of sp³-hybridized carbons (Fsp3) is 0.308. The smallest absolute Gasteiger partial charge is 0.246 e. The van der Waals surface area contributed by atoms with Gasteiger partial charge < -0.3 is 9.84 Å². The molecule has 1 aromatic heterocycles. The van der Waals surface area contributed by atoms with Gasteiger partial charge in [-0.15, -0.1) is 0 Å². The van der Waals surface area contributed by atoms with Gasteiger partial charge in [-0.25, -0.2) is 4.39 Å². The number of hydrogen-bond acceptors (Lipinski definition) is 4. The summed E-state index contributed by atoms with van der Waals surface area (Å²) in [5.41, 5.74) is 0.283. The van der Waals surface area contributed by atoms with E-state index in [9.17, 15) is 9.18 Å². The van der Waals surface area contributed by atoms with Crippen LogP contribution in [0.2, 0.25) is 0 Å². The Balaban J connectivity index is 1.69. The van der Waals surface area contributed by atoms with Gasteiger partial charge in [0, 0.05) is 5.92 Å². The Morgan fingerprint density at radius 1 is 1.42 bits per heavy atom. The Bertz CT molecular complexity index is 607. The molecular weight excluding hydrogens is 249 g/mol. The van der Waals surface area contributed by atoms with Gasteiger partial charge in [0.05, 0.1) is 12.1 Å². The molecule has 0 spiro atoms. The van der Waals surface area contributed by atoms with Crippen molar-refractivity contribution in [3.05, 3.63) is 36.0 Å². The number of carbonyl (C=O) groups excluding carboxylic acids is 1. The van der Waals surface area contributed by atoms with E-state index in [1.807, 2.05) is 0 Å². The fourth-order valence-corrected chi connectivity index (χ4v) is 1.73. The highest BCUT2D eigenvalue weighted by atomic mass is 19.1. The first-order valence-corrected chi connectivity index (χ1v) is 6.09. The lowest BCUT2D eigenvalue weighted by molar-refractivity contribution is -0.122. The van der Waals surface area contributed by atoms with Crippen molar-refractivity contribution in [2.45, 2.75) is 19.4 Å². The zero-order valence-electron chi connectivity index (χ0n) is 10.1. The summed E-state index contributed by atoms with van der Waals surface area (Å²) in [7, 11) is 0. The van der Waals surface area contributed by atoms with E-state index in [0.717, 1.165) is 12.8 Å². The Hall–Kier alpha value is -2.24. The van der Waals surface area contributed by atoms with Crippen molar-refractivity contribution in [1.82, 2.24) is 15.5 Å². The summed E-state index contributed by atoms with van der Waals surface area (Å²) >= 11 is 0. The molecule has 5 nitrogen and oxygen atoms in total. The molecule has 1 N–H and O–H groups in total. The quantitative estimate of drug-likeness (QED) is 0.912. The Morgan fingerprint density at radius 3 is 2.95 bits per heavy atom. The SMILES string of the molecule is O=C(NCc1nc(-c2ccccc2F)no1)C1CC1. The van der Waals surface area contributed by atoms with Crippen LogP contribution in [0.25, 0.3) is 11.4 Å². The third-order valence-electron chi connectivity index (χ3n) is 2.94. The summed E-state index contributed by atoms with van der Waals surface area (Å²) in [6.07, 6.45) is 1.88. The Kier molecular flexibility index (Phi) is 2.98. The molecule has 1 aliphatic rings. The highest BCUT2D eigenvalue weighted by Crippen LogP contribution is 2.28. The number of hydrogen-bond donors (Lipinski definition) is 1. The second-order valence-corrected chi connectivity index (χ2v) is 4.48. The van der Waals surface area contributed by atoms with Crippen LogP contribution in [0.1, 0.15) is 18.7 Å². The number of carbonyl (C=O) groups is 1. The standard InChI is InChI=1S/C13H12FN3O2/c14-10-4-2-1-3-9(10)12-16-11(19-17-12)7-15-13(18)8-5-6-8/h1-4,8H,5-7H2,(H,15,18). The van der Waals surface area contributed by atoms with E-state index in [2.05, 4.69) is 15.5 Å². The number of rotatable bonds is 4. The normalized spacial score (nSPS) is 14.4. The van der Waals surface area contributed by atoms with Gasteiger partial charge >= 0.3 is 0 Å². The summed E-state index contributed by atoms with van der Waals surface area (Å²) in [4.78, 5) is 15.5. The maximum absolute atomic E-state index is 13.5. The van der Waals surface area contributed by atoms with E-state index in [4.69, 9.17) is 4.52 Å². The van der Waals surface area contributed by atoms with Crippen molar-refractivity contribution < 1.29 is 13.7 Å². The lowest BCUT2D eigenvalue weighted by atomic mass is 10.2. The monoisotopic (exact) mass is 261 g/mol. The molecule has 0 atom stereocenters. The minimum atomic E-state index is -0.406.